The molecular formula is C18H12N2O3. The Hall–Kier alpha value is -3.21. The van der Waals surface area contributed by atoms with Crippen LogP contribution in [0.4, 0.5) is 0 Å². The van der Waals surface area contributed by atoms with Crippen LogP contribution in [-0.2, 0) is 0 Å². The van der Waals surface area contributed by atoms with Gasteiger partial charge in [-0.15, -0.1) is 0 Å². The van der Waals surface area contributed by atoms with Crippen molar-refractivity contribution >= 4 is 28.6 Å². The highest BCUT2D eigenvalue weighted by Crippen LogP contribution is 2.23. The lowest BCUT2D eigenvalue weighted by Crippen LogP contribution is -2.36. The molecule has 112 valence electrons. The Kier molecular flexibility index (Phi) is 2.87. The number of amides is 2. The summed E-state index contributed by atoms with van der Waals surface area (Å²) < 4.78 is 1.47. The van der Waals surface area contributed by atoms with Gasteiger partial charge in [0.05, 0.1) is 16.6 Å². The molecule has 4 rings (SSSR count). The molecule has 2 amide bonds. The van der Waals surface area contributed by atoms with E-state index in [2.05, 4.69) is 0 Å². The lowest BCUT2D eigenvalue weighted by atomic mass is 10.1. The van der Waals surface area contributed by atoms with Gasteiger partial charge in [0.15, 0.2) is 0 Å². The summed E-state index contributed by atoms with van der Waals surface area (Å²) in [5, 5.41) is 0.934. The van der Waals surface area contributed by atoms with Crippen molar-refractivity contribution in [3.8, 4) is 0 Å². The number of rotatable bonds is 2. The van der Waals surface area contributed by atoms with Gasteiger partial charge in [-0.05, 0) is 24.3 Å². The Bertz CT molecular complexity index is 936. The summed E-state index contributed by atoms with van der Waals surface area (Å²) >= 11 is 0. The minimum absolute atomic E-state index is 0.273. The Labute approximate surface area is 131 Å². The highest BCUT2D eigenvalue weighted by Gasteiger charge is 2.36. The third-order valence-corrected chi connectivity index (χ3v) is 4.04. The summed E-state index contributed by atoms with van der Waals surface area (Å²) in [6.45, 7) is -0.273. The SMILES string of the molecule is O=C1c2ccccc2C(=O)N1CC(=O)n1ccc2ccccc21. The quantitative estimate of drug-likeness (QED) is 0.684. The molecule has 0 atom stereocenters. The fraction of sp³-hybridized carbons (Fsp3) is 0.0556. The van der Waals surface area contributed by atoms with E-state index in [1.807, 2.05) is 30.3 Å². The largest absolute Gasteiger partial charge is 0.286 e. The van der Waals surface area contributed by atoms with Crippen LogP contribution in [0.3, 0.4) is 0 Å². The molecule has 0 fully saturated rings. The highest BCUT2D eigenvalue weighted by atomic mass is 16.2. The van der Waals surface area contributed by atoms with Gasteiger partial charge in [0.2, 0.25) is 0 Å². The molecule has 0 N–H and O–H groups in total. The average molecular weight is 304 g/mol. The van der Waals surface area contributed by atoms with Gasteiger partial charge in [0.25, 0.3) is 17.7 Å². The molecule has 5 heteroatoms. The number of benzene rings is 2. The van der Waals surface area contributed by atoms with Crippen LogP contribution >= 0.6 is 0 Å². The maximum atomic E-state index is 12.5. The summed E-state index contributed by atoms with van der Waals surface area (Å²) in [6, 6.07) is 15.9. The van der Waals surface area contributed by atoms with Crippen molar-refractivity contribution in [2.75, 3.05) is 6.54 Å². The predicted octanol–water partition coefficient (Wildman–Crippen LogP) is 2.58. The number of para-hydroxylation sites is 1. The fourth-order valence-corrected chi connectivity index (χ4v) is 2.89. The molecule has 0 aliphatic carbocycles. The molecule has 1 aliphatic rings. The lowest BCUT2D eigenvalue weighted by molar-refractivity contribution is 0.0606. The maximum absolute atomic E-state index is 12.5. The van der Waals surface area contributed by atoms with Gasteiger partial charge < -0.3 is 0 Å². The lowest BCUT2D eigenvalue weighted by Gasteiger charge is -2.13. The van der Waals surface area contributed by atoms with Crippen molar-refractivity contribution in [1.82, 2.24) is 9.47 Å². The zero-order valence-electron chi connectivity index (χ0n) is 12.1. The summed E-state index contributed by atoms with van der Waals surface area (Å²) in [7, 11) is 0. The van der Waals surface area contributed by atoms with Crippen LogP contribution in [0.2, 0.25) is 0 Å². The maximum Gasteiger partial charge on any atom is 0.262 e. The van der Waals surface area contributed by atoms with Crippen LogP contribution in [0.1, 0.15) is 25.5 Å². The Morgan fingerprint density at radius 1 is 0.826 bits per heavy atom. The van der Waals surface area contributed by atoms with Gasteiger partial charge in [-0.2, -0.15) is 0 Å². The first-order valence-corrected chi connectivity index (χ1v) is 7.21. The zero-order chi connectivity index (χ0) is 16.0. The molecule has 23 heavy (non-hydrogen) atoms. The predicted molar refractivity (Wildman–Crippen MR) is 84.4 cm³/mol. The first-order valence-electron chi connectivity index (χ1n) is 7.21. The van der Waals surface area contributed by atoms with E-state index in [4.69, 9.17) is 0 Å². The minimum atomic E-state index is -0.421. The van der Waals surface area contributed by atoms with Gasteiger partial charge in [0, 0.05) is 11.6 Å². The van der Waals surface area contributed by atoms with E-state index >= 15 is 0 Å². The number of hydrogen-bond acceptors (Lipinski definition) is 3. The number of aromatic nitrogens is 1. The number of nitrogens with zero attached hydrogens (tertiary/aromatic N) is 2. The zero-order valence-corrected chi connectivity index (χ0v) is 12.1. The van der Waals surface area contributed by atoms with Crippen LogP contribution in [0.15, 0.2) is 60.8 Å². The third-order valence-electron chi connectivity index (χ3n) is 4.04. The van der Waals surface area contributed by atoms with Crippen LogP contribution in [0.25, 0.3) is 10.9 Å². The average Bonchev–Trinajstić information content (AvgIpc) is 3.11. The number of carbonyl (C=O) groups excluding carboxylic acids is 3. The molecule has 1 aromatic heterocycles. The van der Waals surface area contributed by atoms with E-state index in [1.165, 1.54) is 4.57 Å². The van der Waals surface area contributed by atoms with Crippen LogP contribution in [0.5, 0.6) is 0 Å². The number of imide groups is 1. The fourth-order valence-electron chi connectivity index (χ4n) is 2.89. The number of carbonyl (C=O) groups is 3. The molecule has 0 saturated carbocycles. The molecule has 0 radical (unpaired) electrons. The molecule has 2 heterocycles. The van der Waals surface area contributed by atoms with Gasteiger partial charge in [-0.25, -0.2) is 0 Å². The second kappa shape index (κ2) is 4.91. The molecule has 0 spiro atoms. The van der Waals surface area contributed by atoms with Gasteiger partial charge in [-0.3, -0.25) is 23.9 Å². The van der Waals surface area contributed by atoms with E-state index in [0.717, 1.165) is 15.8 Å². The van der Waals surface area contributed by atoms with E-state index in [-0.39, 0.29) is 12.5 Å². The van der Waals surface area contributed by atoms with Crippen molar-refractivity contribution in [1.29, 1.82) is 0 Å². The van der Waals surface area contributed by atoms with E-state index in [0.29, 0.717) is 11.1 Å². The topological polar surface area (TPSA) is 59.4 Å². The summed E-state index contributed by atoms with van der Waals surface area (Å²) in [6.07, 6.45) is 1.66. The summed E-state index contributed by atoms with van der Waals surface area (Å²) in [5.74, 6) is -1.16. The first kappa shape index (κ1) is 13.5. The molecule has 0 bridgehead atoms. The van der Waals surface area contributed by atoms with Crippen molar-refractivity contribution in [2.24, 2.45) is 0 Å². The summed E-state index contributed by atoms with van der Waals surface area (Å²) in [4.78, 5) is 38.2. The first-order chi connectivity index (χ1) is 11.2. The second-order valence-electron chi connectivity index (χ2n) is 5.38. The number of hydrogen-bond donors (Lipinski definition) is 0. The smallest absolute Gasteiger partial charge is 0.262 e. The Balaban J connectivity index is 1.65. The Morgan fingerprint density at radius 2 is 1.43 bits per heavy atom. The van der Waals surface area contributed by atoms with Crippen molar-refractivity contribution in [3.05, 3.63) is 71.9 Å². The van der Waals surface area contributed by atoms with Crippen LogP contribution in [0, 0.1) is 0 Å². The van der Waals surface area contributed by atoms with Crippen molar-refractivity contribution in [3.63, 3.8) is 0 Å². The molecule has 0 unspecified atom stereocenters. The second-order valence-corrected chi connectivity index (χ2v) is 5.38. The third kappa shape index (κ3) is 1.97. The normalized spacial score (nSPS) is 13.7. The summed E-state index contributed by atoms with van der Waals surface area (Å²) in [5.41, 5.74) is 1.46. The monoisotopic (exact) mass is 304 g/mol. The number of fused-ring (bicyclic) bond motifs is 2. The van der Waals surface area contributed by atoms with Gasteiger partial charge in [-0.1, -0.05) is 30.3 Å². The molecule has 3 aromatic rings. The molecular weight excluding hydrogens is 292 g/mol. The van der Waals surface area contributed by atoms with Gasteiger partial charge >= 0.3 is 0 Å². The minimum Gasteiger partial charge on any atom is -0.286 e. The standard InChI is InChI=1S/C18H12N2O3/c21-16(19-10-9-12-5-1-4-8-15(12)19)11-20-17(22)13-6-2-3-7-14(13)18(20)23/h1-10H,11H2. The molecule has 2 aromatic carbocycles. The van der Waals surface area contributed by atoms with E-state index < -0.39 is 11.8 Å². The van der Waals surface area contributed by atoms with Crippen LogP contribution in [-0.4, -0.2) is 33.7 Å². The van der Waals surface area contributed by atoms with E-state index in [1.54, 1.807) is 30.5 Å². The van der Waals surface area contributed by atoms with Gasteiger partial charge in [0.1, 0.15) is 6.54 Å². The highest BCUT2D eigenvalue weighted by molar-refractivity contribution is 6.22. The van der Waals surface area contributed by atoms with Crippen molar-refractivity contribution in [2.45, 2.75) is 0 Å². The van der Waals surface area contributed by atoms with E-state index in [9.17, 15) is 14.4 Å². The van der Waals surface area contributed by atoms with Crippen LogP contribution < -0.4 is 0 Å². The molecule has 5 nitrogen and oxygen atoms in total. The molecule has 0 saturated heterocycles. The van der Waals surface area contributed by atoms with Crippen molar-refractivity contribution < 1.29 is 14.4 Å². The molecule has 1 aliphatic heterocycles. The Morgan fingerprint density at radius 3 is 2.13 bits per heavy atom.